The lowest BCUT2D eigenvalue weighted by Gasteiger charge is -2.34. The Morgan fingerprint density at radius 3 is 2.42 bits per heavy atom. The molecule has 8 heteroatoms. The number of unbranched alkanes of at least 4 members (excludes halogenated alkanes) is 3. The van der Waals surface area contributed by atoms with Gasteiger partial charge in [0.25, 0.3) is 0 Å². The van der Waals surface area contributed by atoms with Crippen LogP contribution < -0.4 is 0 Å². The monoisotopic (exact) mass is 490 g/mol. The van der Waals surface area contributed by atoms with Crippen molar-refractivity contribution in [1.82, 2.24) is 9.21 Å². The Hall–Kier alpha value is -0.630. The van der Waals surface area contributed by atoms with E-state index in [1.165, 1.54) is 35.7 Å². The van der Waals surface area contributed by atoms with Gasteiger partial charge in [-0.2, -0.15) is 4.31 Å². The summed E-state index contributed by atoms with van der Waals surface area (Å²) >= 11 is 12.0. The highest BCUT2D eigenvalue weighted by atomic mass is 35.5. The number of ether oxygens (including phenoxy) is 1. The van der Waals surface area contributed by atoms with E-state index in [1.807, 2.05) is 6.08 Å². The summed E-state index contributed by atoms with van der Waals surface area (Å²) in [5.41, 5.74) is 0. The fraction of sp³-hybridized carbons (Fsp3) is 0.652. The molecule has 1 fully saturated rings. The van der Waals surface area contributed by atoms with Crippen LogP contribution in [-0.2, 0) is 14.8 Å². The van der Waals surface area contributed by atoms with Crippen molar-refractivity contribution in [2.45, 2.75) is 68.4 Å². The number of sulfonamides is 1. The first-order valence-electron chi connectivity index (χ1n) is 11.1. The third kappa shape index (κ3) is 8.34. The minimum atomic E-state index is -3.65. The van der Waals surface area contributed by atoms with Crippen molar-refractivity contribution in [1.29, 1.82) is 0 Å². The van der Waals surface area contributed by atoms with Gasteiger partial charge in [0.05, 0.1) is 11.1 Å². The van der Waals surface area contributed by atoms with Crippen LogP contribution in [-0.4, -0.2) is 63.6 Å². The number of halogens is 2. The SMILES string of the molecule is C=CCN(C)CCCCCCOC1CCC(N(C)S(=O)(=O)c2ccc(Cl)cc2Cl)CC1. The molecule has 1 aromatic carbocycles. The van der Waals surface area contributed by atoms with E-state index in [1.54, 1.807) is 13.1 Å². The van der Waals surface area contributed by atoms with E-state index in [2.05, 4.69) is 18.5 Å². The fourth-order valence-electron chi connectivity index (χ4n) is 4.01. The topological polar surface area (TPSA) is 49.9 Å². The zero-order valence-corrected chi connectivity index (χ0v) is 21.1. The summed E-state index contributed by atoms with van der Waals surface area (Å²) in [7, 11) is 0.106. The molecule has 0 spiro atoms. The van der Waals surface area contributed by atoms with Gasteiger partial charge in [0, 0.05) is 31.3 Å². The highest BCUT2D eigenvalue weighted by Crippen LogP contribution is 2.32. The van der Waals surface area contributed by atoms with E-state index in [0.29, 0.717) is 5.02 Å². The van der Waals surface area contributed by atoms with Crippen molar-refractivity contribution in [3.8, 4) is 0 Å². The quantitative estimate of drug-likeness (QED) is 0.266. The highest BCUT2D eigenvalue weighted by Gasteiger charge is 2.32. The number of rotatable bonds is 13. The molecule has 0 radical (unpaired) electrons. The molecule has 1 saturated carbocycles. The summed E-state index contributed by atoms with van der Waals surface area (Å²) < 4.78 is 33.5. The van der Waals surface area contributed by atoms with Gasteiger partial charge in [-0.05, 0) is 70.3 Å². The van der Waals surface area contributed by atoms with Gasteiger partial charge in [0.15, 0.2) is 0 Å². The summed E-state index contributed by atoms with van der Waals surface area (Å²) in [6.45, 7) is 6.59. The number of likely N-dealkylation sites (N-methyl/N-ethyl adjacent to an activating group) is 1. The molecule has 176 valence electrons. The van der Waals surface area contributed by atoms with Crippen molar-refractivity contribution in [2.24, 2.45) is 0 Å². The van der Waals surface area contributed by atoms with Crippen LogP contribution in [0, 0.1) is 0 Å². The smallest absolute Gasteiger partial charge is 0.244 e. The van der Waals surface area contributed by atoms with Gasteiger partial charge in [-0.15, -0.1) is 6.58 Å². The Kier molecular flexibility index (Phi) is 11.3. The maximum Gasteiger partial charge on any atom is 0.244 e. The van der Waals surface area contributed by atoms with Crippen molar-refractivity contribution in [2.75, 3.05) is 33.8 Å². The third-order valence-corrected chi connectivity index (χ3v) is 8.57. The molecule has 5 nitrogen and oxygen atoms in total. The molecule has 0 heterocycles. The summed E-state index contributed by atoms with van der Waals surface area (Å²) in [5.74, 6) is 0. The van der Waals surface area contributed by atoms with Crippen LogP contribution in [0.25, 0.3) is 0 Å². The average Bonchev–Trinajstić information content (AvgIpc) is 2.73. The molecular formula is C23H36Cl2N2O3S. The maximum atomic E-state index is 13.0. The van der Waals surface area contributed by atoms with Crippen molar-refractivity contribution < 1.29 is 13.2 Å². The Labute approximate surface area is 198 Å². The highest BCUT2D eigenvalue weighted by molar-refractivity contribution is 7.89. The normalized spacial score (nSPS) is 19.8. The largest absolute Gasteiger partial charge is 0.378 e. The lowest BCUT2D eigenvalue weighted by Crippen LogP contribution is -2.40. The van der Waals surface area contributed by atoms with Gasteiger partial charge in [-0.3, -0.25) is 0 Å². The lowest BCUT2D eigenvalue weighted by molar-refractivity contribution is 0.0156. The molecule has 31 heavy (non-hydrogen) atoms. The molecular weight excluding hydrogens is 455 g/mol. The second-order valence-corrected chi connectivity index (χ2v) is 11.2. The Morgan fingerprint density at radius 2 is 1.77 bits per heavy atom. The second kappa shape index (κ2) is 13.2. The molecule has 1 aliphatic carbocycles. The van der Waals surface area contributed by atoms with Gasteiger partial charge in [-0.1, -0.05) is 42.1 Å². The summed E-state index contributed by atoms with van der Waals surface area (Å²) in [6.07, 6.45) is 10.2. The number of hydrogen-bond donors (Lipinski definition) is 0. The van der Waals surface area contributed by atoms with E-state index in [4.69, 9.17) is 27.9 Å². The van der Waals surface area contributed by atoms with Crippen molar-refractivity contribution >= 4 is 33.2 Å². The fourth-order valence-corrected chi connectivity index (χ4v) is 6.17. The van der Waals surface area contributed by atoms with Crippen molar-refractivity contribution in [3.05, 3.63) is 40.9 Å². The third-order valence-electron chi connectivity index (χ3n) is 5.94. The maximum absolute atomic E-state index is 13.0. The number of nitrogens with zero attached hydrogens (tertiary/aromatic N) is 2. The average molecular weight is 492 g/mol. The predicted molar refractivity (Wildman–Crippen MR) is 130 cm³/mol. The molecule has 0 saturated heterocycles. The molecule has 0 aliphatic heterocycles. The van der Waals surface area contributed by atoms with Crippen LogP contribution in [0.1, 0.15) is 51.4 Å². The Morgan fingerprint density at radius 1 is 1.10 bits per heavy atom. The minimum Gasteiger partial charge on any atom is -0.378 e. The molecule has 0 amide bonds. The number of hydrogen-bond acceptors (Lipinski definition) is 4. The molecule has 0 atom stereocenters. The van der Waals surface area contributed by atoms with Crippen LogP contribution in [0.5, 0.6) is 0 Å². The molecule has 0 N–H and O–H groups in total. The van der Waals surface area contributed by atoms with Gasteiger partial charge in [-0.25, -0.2) is 8.42 Å². The lowest BCUT2D eigenvalue weighted by atomic mass is 9.93. The van der Waals surface area contributed by atoms with Gasteiger partial charge < -0.3 is 9.64 Å². The molecule has 1 aliphatic rings. The molecule has 2 rings (SSSR count). The molecule has 0 bridgehead atoms. The Bertz CT molecular complexity index is 796. The summed E-state index contributed by atoms with van der Waals surface area (Å²) in [6, 6.07) is 4.46. The first-order valence-corrected chi connectivity index (χ1v) is 13.3. The van der Waals surface area contributed by atoms with Gasteiger partial charge >= 0.3 is 0 Å². The van der Waals surface area contributed by atoms with E-state index in [9.17, 15) is 8.42 Å². The Balaban J connectivity index is 1.68. The van der Waals surface area contributed by atoms with Crippen LogP contribution in [0.3, 0.4) is 0 Å². The standard InChI is InChI=1S/C23H36Cl2N2O3S/c1-4-15-26(2)16-7-5-6-8-17-30-21-12-10-20(11-13-21)27(3)31(28,29)23-14-9-19(24)18-22(23)25/h4,9,14,18,20-21H,1,5-8,10-13,15-17H2,2-3H3. The number of benzene rings is 1. The molecule has 0 aromatic heterocycles. The van der Waals surface area contributed by atoms with Crippen LogP contribution in [0.4, 0.5) is 0 Å². The summed E-state index contributed by atoms with van der Waals surface area (Å²) in [5, 5.41) is 0.577. The first-order chi connectivity index (χ1) is 14.8. The van der Waals surface area contributed by atoms with E-state index < -0.39 is 10.0 Å². The molecule has 1 aromatic rings. The first kappa shape index (κ1) is 26.6. The summed E-state index contributed by atoms with van der Waals surface area (Å²) in [4.78, 5) is 2.38. The second-order valence-electron chi connectivity index (χ2n) is 8.36. The van der Waals surface area contributed by atoms with Crippen LogP contribution in [0.15, 0.2) is 35.7 Å². The minimum absolute atomic E-state index is 0.0378. The van der Waals surface area contributed by atoms with Crippen molar-refractivity contribution in [3.63, 3.8) is 0 Å². The van der Waals surface area contributed by atoms with E-state index in [0.717, 1.165) is 51.8 Å². The van der Waals surface area contributed by atoms with E-state index >= 15 is 0 Å². The zero-order valence-electron chi connectivity index (χ0n) is 18.7. The zero-order chi connectivity index (χ0) is 22.9. The van der Waals surface area contributed by atoms with Gasteiger partial charge in [0.2, 0.25) is 10.0 Å². The van der Waals surface area contributed by atoms with Gasteiger partial charge in [0.1, 0.15) is 4.90 Å². The van der Waals surface area contributed by atoms with Crippen LogP contribution >= 0.6 is 23.2 Å². The van der Waals surface area contributed by atoms with Crippen LogP contribution in [0.2, 0.25) is 10.0 Å². The molecule has 0 unspecified atom stereocenters. The predicted octanol–water partition coefficient (Wildman–Crippen LogP) is 5.62. The van der Waals surface area contributed by atoms with E-state index in [-0.39, 0.29) is 22.1 Å².